The topological polar surface area (TPSA) is 86.4 Å². The molecule has 7 heteroatoms. The number of hydrogen-bond acceptors (Lipinski definition) is 5. The Morgan fingerprint density at radius 1 is 0.788 bits per heavy atom. The molecule has 33 heavy (non-hydrogen) atoms. The number of fused-ring (bicyclic) bond motifs is 2. The Hall–Kier alpha value is -4.52. The highest BCUT2D eigenvalue weighted by Gasteiger charge is 2.15. The molecule has 5 aromatic heterocycles. The molecule has 0 atom stereocenters. The molecular formula is C26H21N7. The number of H-pyrrole nitrogens is 2. The van der Waals surface area contributed by atoms with E-state index in [1.54, 1.807) is 6.20 Å². The van der Waals surface area contributed by atoms with Crippen LogP contribution in [0.15, 0.2) is 79.5 Å². The minimum atomic E-state index is 0.677. The fourth-order valence-corrected chi connectivity index (χ4v) is 4.16. The first kappa shape index (κ1) is 19.2. The number of rotatable bonds is 4. The van der Waals surface area contributed by atoms with E-state index in [1.165, 1.54) is 0 Å². The molecule has 0 saturated heterocycles. The normalized spacial score (nSPS) is 11.3. The molecule has 6 aromatic rings. The average Bonchev–Trinajstić information content (AvgIpc) is 3.48. The molecule has 5 heterocycles. The second kappa shape index (κ2) is 7.56. The van der Waals surface area contributed by atoms with Gasteiger partial charge in [-0.05, 0) is 35.9 Å². The van der Waals surface area contributed by atoms with Crippen LogP contribution in [0.2, 0.25) is 0 Å². The number of benzene rings is 1. The summed E-state index contributed by atoms with van der Waals surface area (Å²) in [6.07, 6.45) is 9.23. The van der Waals surface area contributed by atoms with Crippen molar-refractivity contribution in [2.75, 3.05) is 19.0 Å². The molecule has 0 bridgehead atoms. The number of pyridine rings is 3. The zero-order valence-corrected chi connectivity index (χ0v) is 18.2. The monoisotopic (exact) mass is 431 g/mol. The van der Waals surface area contributed by atoms with Crippen LogP contribution in [0.5, 0.6) is 0 Å². The SMILES string of the molecule is CN(C)c1cncc(-c2cnc3n[nH]c(-c4cc5c(-c6cccnc6)cccc5[nH]4)c3c2)c1. The summed E-state index contributed by atoms with van der Waals surface area (Å²) in [6.45, 7) is 0. The Kier molecular flexibility index (Phi) is 4.40. The molecule has 0 radical (unpaired) electrons. The second-order valence-corrected chi connectivity index (χ2v) is 8.21. The maximum absolute atomic E-state index is 4.59. The van der Waals surface area contributed by atoms with E-state index in [2.05, 4.69) is 72.6 Å². The van der Waals surface area contributed by atoms with Crippen molar-refractivity contribution in [1.82, 2.24) is 30.1 Å². The van der Waals surface area contributed by atoms with Crippen LogP contribution in [0.4, 0.5) is 5.69 Å². The van der Waals surface area contributed by atoms with Crippen LogP contribution in [-0.2, 0) is 0 Å². The van der Waals surface area contributed by atoms with Gasteiger partial charge in [0.1, 0.15) is 0 Å². The van der Waals surface area contributed by atoms with Crippen LogP contribution in [0, 0.1) is 0 Å². The molecule has 2 N–H and O–H groups in total. The highest BCUT2D eigenvalue weighted by atomic mass is 15.2. The quantitative estimate of drug-likeness (QED) is 0.396. The Morgan fingerprint density at radius 3 is 2.52 bits per heavy atom. The van der Waals surface area contributed by atoms with Gasteiger partial charge in [0.15, 0.2) is 5.65 Å². The molecule has 0 aliphatic rings. The van der Waals surface area contributed by atoms with E-state index in [0.29, 0.717) is 5.65 Å². The van der Waals surface area contributed by atoms with Crippen molar-refractivity contribution >= 4 is 27.6 Å². The molecule has 0 fully saturated rings. The van der Waals surface area contributed by atoms with E-state index in [1.807, 2.05) is 49.8 Å². The van der Waals surface area contributed by atoms with E-state index in [0.717, 1.165) is 55.6 Å². The van der Waals surface area contributed by atoms with E-state index >= 15 is 0 Å². The zero-order chi connectivity index (χ0) is 22.4. The summed E-state index contributed by atoms with van der Waals surface area (Å²) in [5, 5.41) is 9.71. The molecule has 0 unspecified atom stereocenters. The summed E-state index contributed by atoms with van der Waals surface area (Å²) in [5.74, 6) is 0. The summed E-state index contributed by atoms with van der Waals surface area (Å²) < 4.78 is 0. The van der Waals surface area contributed by atoms with Crippen molar-refractivity contribution in [3.05, 3.63) is 79.5 Å². The Bertz CT molecular complexity index is 1600. The maximum Gasteiger partial charge on any atom is 0.181 e. The summed E-state index contributed by atoms with van der Waals surface area (Å²) in [7, 11) is 4.01. The molecule has 0 saturated carbocycles. The largest absolute Gasteiger partial charge is 0.376 e. The van der Waals surface area contributed by atoms with Gasteiger partial charge in [-0.15, -0.1) is 0 Å². The number of hydrogen-bond donors (Lipinski definition) is 2. The number of aromatic amines is 2. The van der Waals surface area contributed by atoms with Crippen molar-refractivity contribution in [3.8, 4) is 33.6 Å². The Labute approximate surface area is 190 Å². The van der Waals surface area contributed by atoms with Gasteiger partial charge < -0.3 is 9.88 Å². The van der Waals surface area contributed by atoms with E-state index < -0.39 is 0 Å². The smallest absolute Gasteiger partial charge is 0.181 e. The molecule has 0 aliphatic carbocycles. The van der Waals surface area contributed by atoms with Crippen molar-refractivity contribution in [3.63, 3.8) is 0 Å². The minimum absolute atomic E-state index is 0.677. The minimum Gasteiger partial charge on any atom is -0.376 e. The lowest BCUT2D eigenvalue weighted by Crippen LogP contribution is -2.08. The van der Waals surface area contributed by atoms with Gasteiger partial charge in [-0.2, -0.15) is 5.10 Å². The predicted octanol–water partition coefficient (Wildman–Crippen LogP) is 5.30. The van der Waals surface area contributed by atoms with Crippen LogP contribution < -0.4 is 4.90 Å². The van der Waals surface area contributed by atoms with Crippen LogP contribution in [0.25, 0.3) is 55.6 Å². The number of nitrogens with one attached hydrogen (secondary N) is 2. The third kappa shape index (κ3) is 3.30. The van der Waals surface area contributed by atoms with E-state index in [4.69, 9.17) is 0 Å². The van der Waals surface area contributed by atoms with Crippen LogP contribution in [0.1, 0.15) is 0 Å². The first-order valence-electron chi connectivity index (χ1n) is 10.7. The summed E-state index contributed by atoms with van der Waals surface area (Å²) in [5.41, 5.74) is 8.87. The van der Waals surface area contributed by atoms with E-state index in [-0.39, 0.29) is 0 Å². The summed E-state index contributed by atoms with van der Waals surface area (Å²) in [6, 6.07) is 16.7. The molecule has 7 nitrogen and oxygen atoms in total. The third-order valence-corrected chi connectivity index (χ3v) is 5.89. The molecule has 0 aliphatic heterocycles. The van der Waals surface area contributed by atoms with Gasteiger partial charge in [0, 0.05) is 71.9 Å². The fourth-order valence-electron chi connectivity index (χ4n) is 4.16. The van der Waals surface area contributed by atoms with E-state index in [9.17, 15) is 0 Å². The summed E-state index contributed by atoms with van der Waals surface area (Å²) in [4.78, 5) is 18.8. The molecule has 6 rings (SSSR count). The van der Waals surface area contributed by atoms with Crippen molar-refractivity contribution in [2.45, 2.75) is 0 Å². The molecule has 1 aromatic carbocycles. The maximum atomic E-state index is 4.59. The molecule has 0 amide bonds. The van der Waals surface area contributed by atoms with Crippen LogP contribution in [0.3, 0.4) is 0 Å². The average molecular weight is 432 g/mol. The first-order chi connectivity index (χ1) is 16.2. The van der Waals surface area contributed by atoms with Crippen molar-refractivity contribution < 1.29 is 0 Å². The fraction of sp³-hybridized carbons (Fsp3) is 0.0769. The highest BCUT2D eigenvalue weighted by Crippen LogP contribution is 2.34. The van der Waals surface area contributed by atoms with Crippen LogP contribution in [-0.4, -0.2) is 44.2 Å². The first-order valence-corrected chi connectivity index (χ1v) is 10.7. The van der Waals surface area contributed by atoms with Gasteiger partial charge in [0.05, 0.1) is 23.3 Å². The lowest BCUT2D eigenvalue weighted by Gasteiger charge is -2.12. The van der Waals surface area contributed by atoms with Crippen molar-refractivity contribution in [2.24, 2.45) is 0 Å². The number of anilines is 1. The van der Waals surface area contributed by atoms with Gasteiger partial charge in [-0.1, -0.05) is 18.2 Å². The lowest BCUT2D eigenvalue weighted by molar-refractivity contribution is 1.10. The molecular weight excluding hydrogens is 410 g/mol. The zero-order valence-electron chi connectivity index (χ0n) is 18.2. The lowest BCUT2D eigenvalue weighted by atomic mass is 10.0. The Balaban J connectivity index is 1.48. The van der Waals surface area contributed by atoms with Gasteiger partial charge in [0.25, 0.3) is 0 Å². The van der Waals surface area contributed by atoms with Crippen LogP contribution >= 0.6 is 0 Å². The standard InChI is InChI=1S/C26H21N7/c1-33(2)19-9-17(13-28-15-19)18-10-22-25(31-32-26(22)29-14-18)24-11-21-20(6-3-7-23(21)30-24)16-5-4-8-27-12-16/h3-15,30H,1-2H3,(H,29,31,32). The number of aromatic nitrogens is 6. The van der Waals surface area contributed by atoms with Gasteiger partial charge in [0.2, 0.25) is 0 Å². The second-order valence-electron chi connectivity index (χ2n) is 8.21. The Morgan fingerprint density at radius 2 is 1.67 bits per heavy atom. The van der Waals surface area contributed by atoms with Gasteiger partial charge in [-0.3, -0.25) is 15.1 Å². The van der Waals surface area contributed by atoms with Crippen molar-refractivity contribution in [1.29, 1.82) is 0 Å². The van der Waals surface area contributed by atoms with Gasteiger partial charge >= 0.3 is 0 Å². The third-order valence-electron chi connectivity index (χ3n) is 5.89. The highest BCUT2D eigenvalue weighted by molar-refractivity contribution is 6.01. The van der Waals surface area contributed by atoms with Gasteiger partial charge in [-0.25, -0.2) is 4.98 Å². The molecule has 160 valence electrons. The summed E-state index contributed by atoms with van der Waals surface area (Å²) >= 11 is 0. The molecule has 0 spiro atoms. The number of nitrogens with zero attached hydrogens (tertiary/aromatic N) is 5. The predicted molar refractivity (Wildman–Crippen MR) is 132 cm³/mol.